The summed E-state index contributed by atoms with van der Waals surface area (Å²) in [5, 5.41) is 0. The Morgan fingerprint density at radius 2 is 2.11 bits per heavy atom. The van der Waals surface area contributed by atoms with Gasteiger partial charge in [0.05, 0.1) is 0 Å². The minimum atomic E-state index is 0.532. The Morgan fingerprint density at radius 3 is 2.79 bits per heavy atom. The van der Waals surface area contributed by atoms with Crippen molar-refractivity contribution in [3.05, 3.63) is 42.5 Å². The van der Waals surface area contributed by atoms with Crippen LogP contribution in [-0.2, 0) is 14.1 Å². The summed E-state index contributed by atoms with van der Waals surface area (Å²) >= 11 is 0. The molecule has 0 unspecified atom stereocenters. The number of rotatable bonds is 2. The number of fused-ring (bicyclic) bond motifs is 1. The Balaban J connectivity index is 2.22. The number of hydrogen-bond acceptors (Lipinski definition) is 1. The van der Waals surface area contributed by atoms with Crippen LogP contribution < -0.4 is 4.57 Å². The van der Waals surface area contributed by atoms with Crippen molar-refractivity contribution < 1.29 is 4.57 Å². The predicted octanol–water partition coefficient (Wildman–Crippen LogP) is 2.29. The maximum Gasteiger partial charge on any atom is 0.230 e. The SMILES string of the molecule is CC(C)c1cc[n+](C)c(-c2cn3ccnc3n2C)c1. The van der Waals surface area contributed by atoms with Crippen LogP contribution >= 0.6 is 0 Å². The molecule has 0 amide bonds. The molecule has 4 nitrogen and oxygen atoms in total. The van der Waals surface area contributed by atoms with Gasteiger partial charge in [-0.25, -0.2) is 4.98 Å². The summed E-state index contributed by atoms with van der Waals surface area (Å²) in [7, 11) is 4.13. The van der Waals surface area contributed by atoms with E-state index in [-0.39, 0.29) is 0 Å². The summed E-state index contributed by atoms with van der Waals surface area (Å²) < 4.78 is 6.33. The molecule has 0 N–H and O–H groups in total. The first-order chi connectivity index (χ1) is 9.08. The number of pyridine rings is 1. The van der Waals surface area contributed by atoms with Crippen LogP contribution in [-0.4, -0.2) is 14.0 Å². The monoisotopic (exact) mass is 255 g/mol. The second-order valence-corrected chi connectivity index (χ2v) is 5.32. The lowest BCUT2D eigenvalue weighted by Crippen LogP contribution is -2.31. The van der Waals surface area contributed by atoms with Gasteiger partial charge in [-0.1, -0.05) is 13.8 Å². The molecule has 0 bridgehead atoms. The summed E-state index contributed by atoms with van der Waals surface area (Å²) in [4.78, 5) is 4.37. The average molecular weight is 255 g/mol. The highest BCUT2D eigenvalue weighted by atomic mass is 15.2. The molecule has 0 aromatic carbocycles. The highest BCUT2D eigenvalue weighted by Gasteiger charge is 2.17. The Labute approximate surface area is 112 Å². The second kappa shape index (κ2) is 4.23. The molecule has 3 aromatic heterocycles. The molecule has 98 valence electrons. The maximum absolute atomic E-state index is 4.37. The van der Waals surface area contributed by atoms with Gasteiger partial charge in [-0.05, 0) is 11.5 Å². The first kappa shape index (κ1) is 12.0. The van der Waals surface area contributed by atoms with Crippen LogP contribution in [0.5, 0.6) is 0 Å². The summed E-state index contributed by atoms with van der Waals surface area (Å²) in [6, 6.07) is 4.45. The number of nitrogens with zero attached hydrogens (tertiary/aromatic N) is 4. The van der Waals surface area contributed by atoms with Gasteiger partial charge in [0, 0.05) is 37.8 Å². The number of imidazole rings is 2. The van der Waals surface area contributed by atoms with Crippen molar-refractivity contribution in [2.45, 2.75) is 19.8 Å². The van der Waals surface area contributed by atoms with Gasteiger partial charge in [0.1, 0.15) is 12.7 Å². The molecule has 3 rings (SSSR count). The van der Waals surface area contributed by atoms with Crippen LogP contribution in [0, 0.1) is 0 Å². The van der Waals surface area contributed by atoms with Crippen molar-refractivity contribution >= 4 is 5.78 Å². The molecular weight excluding hydrogens is 236 g/mol. The summed E-state index contributed by atoms with van der Waals surface area (Å²) in [6.45, 7) is 4.44. The largest absolute Gasteiger partial charge is 0.308 e. The third kappa shape index (κ3) is 1.84. The second-order valence-electron chi connectivity index (χ2n) is 5.32. The molecule has 0 spiro atoms. The number of aryl methyl sites for hydroxylation is 2. The van der Waals surface area contributed by atoms with Crippen molar-refractivity contribution in [3.63, 3.8) is 0 Å². The predicted molar refractivity (Wildman–Crippen MR) is 74.9 cm³/mol. The molecule has 0 aliphatic rings. The molecule has 3 aromatic rings. The van der Waals surface area contributed by atoms with Gasteiger partial charge >= 0.3 is 0 Å². The van der Waals surface area contributed by atoms with E-state index in [2.05, 4.69) is 71.0 Å². The fourth-order valence-corrected chi connectivity index (χ4v) is 2.43. The van der Waals surface area contributed by atoms with Gasteiger partial charge in [-0.15, -0.1) is 0 Å². The number of aromatic nitrogens is 4. The smallest absolute Gasteiger partial charge is 0.230 e. The van der Waals surface area contributed by atoms with E-state index in [0.29, 0.717) is 5.92 Å². The Morgan fingerprint density at radius 1 is 1.32 bits per heavy atom. The van der Waals surface area contributed by atoms with E-state index < -0.39 is 0 Å². The highest BCUT2D eigenvalue weighted by Crippen LogP contribution is 2.22. The molecular formula is C15H19N4+. The van der Waals surface area contributed by atoms with Gasteiger partial charge in [0.25, 0.3) is 0 Å². The van der Waals surface area contributed by atoms with Crippen molar-refractivity contribution in [3.8, 4) is 11.4 Å². The van der Waals surface area contributed by atoms with Crippen LogP contribution in [0.2, 0.25) is 0 Å². The van der Waals surface area contributed by atoms with E-state index in [1.807, 2.05) is 12.4 Å². The lowest BCUT2D eigenvalue weighted by Gasteiger charge is -2.07. The van der Waals surface area contributed by atoms with E-state index in [9.17, 15) is 0 Å². The lowest BCUT2D eigenvalue weighted by molar-refractivity contribution is -0.660. The van der Waals surface area contributed by atoms with Crippen LogP contribution in [0.15, 0.2) is 36.9 Å². The van der Waals surface area contributed by atoms with Crippen LogP contribution in [0.25, 0.3) is 17.2 Å². The molecule has 0 radical (unpaired) electrons. The van der Waals surface area contributed by atoms with Crippen LogP contribution in [0.1, 0.15) is 25.3 Å². The minimum absolute atomic E-state index is 0.532. The third-order valence-corrected chi connectivity index (χ3v) is 3.67. The van der Waals surface area contributed by atoms with Crippen molar-refractivity contribution in [2.75, 3.05) is 0 Å². The number of hydrogen-bond donors (Lipinski definition) is 0. The summed E-state index contributed by atoms with van der Waals surface area (Å²) in [6.07, 6.45) is 8.05. The molecule has 0 saturated carbocycles. The zero-order chi connectivity index (χ0) is 13.6. The summed E-state index contributed by atoms with van der Waals surface area (Å²) in [5.74, 6) is 1.49. The molecule has 0 fully saturated rings. The Kier molecular flexibility index (Phi) is 2.66. The Hall–Kier alpha value is -2.10. The standard InChI is InChI=1S/C15H19N4/c1-11(2)12-5-7-17(3)13(9-12)14-10-19-8-6-16-15(19)18(14)4/h5-11H,1-4H3/q+1. The molecule has 0 saturated heterocycles. The molecule has 0 aliphatic carbocycles. The first-order valence-corrected chi connectivity index (χ1v) is 6.56. The molecule has 3 heterocycles. The van der Waals surface area contributed by atoms with Gasteiger partial charge < -0.3 is 4.57 Å². The summed E-state index contributed by atoms with van der Waals surface area (Å²) in [5.41, 5.74) is 3.74. The third-order valence-electron chi connectivity index (χ3n) is 3.67. The molecule has 4 heteroatoms. The van der Waals surface area contributed by atoms with Crippen LogP contribution in [0.3, 0.4) is 0 Å². The fraction of sp³-hybridized carbons (Fsp3) is 0.333. The topological polar surface area (TPSA) is 26.1 Å². The van der Waals surface area contributed by atoms with Gasteiger partial charge in [-0.3, -0.25) is 4.40 Å². The van der Waals surface area contributed by atoms with Crippen LogP contribution in [0.4, 0.5) is 0 Å². The van der Waals surface area contributed by atoms with Crippen molar-refractivity contribution in [2.24, 2.45) is 14.1 Å². The average Bonchev–Trinajstić information content (AvgIpc) is 2.93. The lowest BCUT2D eigenvalue weighted by atomic mass is 10.0. The highest BCUT2D eigenvalue weighted by molar-refractivity contribution is 5.57. The molecule has 0 atom stereocenters. The molecule has 0 aliphatic heterocycles. The Bertz CT molecular complexity index is 734. The quantitative estimate of drug-likeness (QED) is 0.645. The fourth-order valence-electron chi connectivity index (χ4n) is 2.43. The van der Waals surface area contributed by atoms with E-state index in [1.54, 1.807) is 0 Å². The zero-order valence-corrected chi connectivity index (χ0v) is 11.8. The maximum atomic E-state index is 4.37. The van der Waals surface area contributed by atoms with E-state index in [1.165, 1.54) is 17.0 Å². The van der Waals surface area contributed by atoms with Gasteiger partial charge in [-0.2, -0.15) is 4.57 Å². The van der Waals surface area contributed by atoms with E-state index in [0.717, 1.165) is 5.78 Å². The molecule has 19 heavy (non-hydrogen) atoms. The van der Waals surface area contributed by atoms with Crippen molar-refractivity contribution in [1.82, 2.24) is 14.0 Å². The van der Waals surface area contributed by atoms with Gasteiger partial charge in [0.2, 0.25) is 11.5 Å². The van der Waals surface area contributed by atoms with E-state index in [4.69, 9.17) is 0 Å². The first-order valence-electron chi connectivity index (χ1n) is 6.56. The van der Waals surface area contributed by atoms with Crippen molar-refractivity contribution in [1.29, 1.82) is 0 Å². The van der Waals surface area contributed by atoms with Gasteiger partial charge in [0.15, 0.2) is 6.20 Å². The van der Waals surface area contributed by atoms with E-state index >= 15 is 0 Å². The normalized spacial score (nSPS) is 11.6. The minimum Gasteiger partial charge on any atom is -0.308 e. The zero-order valence-electron chi connectivity index (χ0n) is 11.8.